The molecule has 5 heteroatoms. The van der Waals surface area contributed by atoms with Gasteiger partial charge in [-0.3, -0.25) is 4.79 Å². The van der Waals surface area contributed by atoms with E-state index in [1.165, 1.54) is 31.4 Å². The number of rotatable bonds is 5. The normalized spacial score (nSPS) is 11.7. The first-order valence-electron chi connectivity index (χ1n) is 7.61. The Hall–Kier alpha value is -2.69. The average molecular weight is 329 g/mol. The summed E-state index contributed by atoms with van der Waals surface area (Å²) in [5.41, 5.74) is 3.47. The van der Waals surface area contributed by atoms with Gasteiger partial charge in [-0.25, -0.2) is 9.18 Å². The molecule has 0 radical (unpaired) electrons. The van der Waals surface area contributed by atoms with Gasteiger partial charge in [0, 0.05) is 12.0 Å². The lowest BCUT2D eigenvalue weighted by atomic mass is 10.0. The Morgan fingerprint density at radius 2 is 1.75 bits per heavy atom. The van der Waals surface area contributed by atoms with Gasteiger partial charge in [-0.15, -0.1) is 0 Å². The summed E-state index contributed by atoms with van der Waals surface area (Å²) in [5, 5.41) is 2.65. The minimum atomic E-state index is -0.811. The Labute approximate surface area is 140 Å². The van der Waals surface area contributed by atoms with Crippen LogP contribution in [0.3, 0.4) is 0 Å². The third kappa shape index (κ3) is 4.41. The number of aryl methyl sites for hydroxylation is 2. The van der Waals surface area contributed by atoms with Gasteiger partial charge in [0.15, 0.2) is 0 Å². The maximum Gasteiger partial charge on any atom is 0.328 e. The quantitative estimate of drug-likeness (QED) is 0.858. The first kappa shape index (κ1) is 17.7. The Bertz CT molecular complexity index is 741. The fraction of sp³-hybridized carbons (Fsp3) is 0.263. The highest BCUT2D eigenvalue weighted by molar-refractivity contribution is 5.96. The summed E-state index contributed by atoms with van der Waals surface area (Å²) in [6.45, 7) is 4.00. The van der Waals surface area contributed by atoms with Crippen molar-refractivity contribution in [2.24, 2.45) is 0 Å². The van der Waals surface area contributed by atoms with Gasteiger partial charge in [0.25, 0.3) is 5.91 Å². The third-order valence-electron chi connectivity index (χ3n) is 3.91. The SMILES string of the molecule is COC(=O)[C@@H](Cc1ccc(C)c(C)c1)NC(=O)c1ccc(F)cc1. The van der Waals surface area contributed by atoms with Crippen LogP contribution >= 0.6 is 0 Å². The number of ether oxygens (including phenoxy) is 1. The molecule has 2 aromatic rings. The van der Waals surface area contributed by atoms with E-state index < -0.39 is 23.7 Å². The van der Waals surface area contributed by atoms with Gasteiger partial charge in [-0.1, -0.05) is 18.2 Å². The monoisotopic (exact) mass is 329 g/mol. The van der Waals surface area contributed by atoms with Crippen LogP contribution in [0.4, 0.5) is 4.39 Å². The molecule has 0 aliphatic rings. The molecule has 0 aromatic heterocycles. The van der Waals surface area contributed by atoms with E-state index in [0.717, 1.165) is 16.7 Å². The number of hydrogen-bond donors (Lipinski definition) is 1. The fourth-order valence-corrected chi connectivity index (χ4v) is 2.34. The summed E-state index contributed by atoms with van der Waals surface area (Å²) in [4.78, 5) is 24.2. The second-order valence-electron chi connectivity index (χ2n) is 5.68. The summed E-state index contributed by atoms with van der Waals surface area (Å²) in [5.74, 6) is -1.40. The number of amides is 1. The van der Waals surface area contributed by atoms with Gasteiger partial charge in [0.2, 0.25) is 0 Å². The lowest BCUT2D eigenvalue weighted by molar-refractivity contribution is -0.142. The second kappa shape index (κ2) is 7.73. The summed E-state index contributed by atoms with van der Waals surface area (Å²) in [6, 6.07) is 10.2. The van der Waals surface area contributed by atoms with Crippen LogP contribution in [-0.2, 0) is 16.0 Å². The molecule has 1 atom stereocenters. The molecule has 0 saturated heterocycles. The van der Waals surface area contributed by atoms with Gasteiger partial charge >= 0.3 is 5.97 Å². The third-order valence-corrected chi connectivity index (χ3v) is 3.91. The van der Waals surface area contributed by atoms with Crippen molar-refractivity contribution in [2.75, 3.05) is 7.11 Å². The van der Waals surface area contributed by atoms with Crippen molar-refractivity contribution in [2.45, 2.75) is 26.3 Å². The highest BCUT2D eigenvalue weighted by Gasteiger charge is 2.22. The molecule has 2 rings (SSSR count). The zero-order valence-electron chi connectivity index (χ0n) is 13.9. The molecule has 2 aromatic carbocycles. The number of carbonyl (C=O) groups excluding carboxylic acids is 2. The molecule has 0 heterocycles. The molecule has 0 aliphatic heterocycles. The molecule has 0 spiro atoms. The van der Waals surface area contributed by atoms with Crippen molar-refractivity contribution in [1.29, 1.82) is 0 Å². The largest absolute Gasteiger partial charge is 0.467 e. The molecule has 4 nitrogen and oxygen atoms in total. The summed E-state index contributed by atoms with van der Waals surface area (Å²) in [6.07, 6.45) is 0.320. The molecular weight excluding hydrogens is 309 g/mol. The van der Waals surface area contributed by atoms with Gasteiger partial charge in [-0.05, 0) is 54.8 Å². The lowest BCUT2D eigenvalue weighted by Gasteiger charge is -2.17. The number of esters is 1. The number of benzene rings is 2. The van der Waals surface area contributed by atoms with E-state index in [4.69, 9.17) is 4.74 Å². The van der Waals surface area contributed by atoms with E-state index in [0.29, 0.717) is 6.42 Å². The van der Waals surface area contributed by atoms with Crippen LogP contribution < -0.4 is 5.32 Å². The van der Waals surface area contributed by atoms with Gasteiger partial charge in [0.1, 0.15) is 11.9 Å². The summed E-state index contributed by atoms with van der Waals surface area (Å²) < 4.78 is 17.7. The van der Waals surface area contributed by atoms with E-state index in [1.54, 1.807) is 0 Å². The Morgan fingerprint density at radius 3 is 2.33 bits per heavy atom. The molecule has 1 N–H and O–H groups in total. The van der Waals surface area contributed by atoms with E-state index in [9.17, 15) is 14.0 Å². The fourth-order valence-electron chi connectivity index (χ4n) is 2.34. The van der Waals surface area contributed by atoms with Crippen molar-refractivity contribution < 1.29 is 18.7 Å². The van der Waals surface area contributed by atoms with Gasteiger partial charge in [-0.2, -0.15) is 0 Å². The summed E-state index contributed by atoms with van der Waals surface area (Å²) in [7, 11) is 1.28. The maximum absolute atomic E-state index is 12.9. The predicted octanol–water partition coefficient (Wildman–Crippen LogP) is 2.96. The van der Waals surface area contributed by atoms with Crippen molar-refractivity contribution in [3.63, 3.8) is 0 Å². The maximum atomic E-state index is 12.9. The van der Waals surface area contributed by atoms with Crippen molar-refractivity contribution in [3.05, 3.63) is 70.5 Å². The topological polar surface area (TPSA) is 55.4 Å². The van der Waals surface area contributed by atoms with Crippen LogP contribution in [0.15, 0.2) is 42.5 Å². The van der Waals surface area contributed by atoms with Gasteiger partial charge < -0.3 is 10.1 Å². The lowest BCUT2D eigenvalue weighted by Crippen LogP contribution is -2.43. The number of methoxy groups -OCH3 is 1. The predicted molar refractivity (Wildman–Crippen MR) is 89.3 cm³/mol. The van der Waals surface area contributed by atoms with E-state index in [2.05, 4.69) is 5.32 Å². The molecule has 24 heavy (non-hydrogen) atoms. The van der Waals surface area contributed by atoms with Crippen LogP contribution in [0.1, 0.15) is 27.0 Å². The molecular formula is C19H20FNO3. The second-order valence-corrected chi connectivity index (χ2v) is 5.68. The molecule has 0 aliphatic carbocycles. The molecule has 126 valence electrons. The van der Waals surface area contributed by atoms with E-state index in [1.807, 2.05) is 32.0 Å². The standard InChI is InChI=1S/C19H20FNO3/c1-12-4-5-14(10-13(12)2)11-17(19(23)24-3)21-18(22)15-6-8-16(20)9-7-15/h4-10,17H,11H2,1-3H3,(H,21,22)/t17-/m1/s1. The van der Waals surface area contributed by atoms with Crippen LogP contribution in [0.5, 0.6) is 0 Å². The molecule has 0 fully saturated rings. The average Bonchev–Trinajstić information content (AvgIpc) is 2.57. The van der Waals surface area contributed by atoms with Crippen molar-refractivity contribution in [3.8, 4) is 0 Å². The number of halogens is 1. The van der Waals surface area contributed by atoms with E-state index >= 15 is 0 Å². The van der Waals surface area contributed by atoms with E-state index in [-0.39, 0.29) is 5.56 Å². The first-order valence-corrected chi connectivity index (χ1v) is 7.61. The highest BCUT2D eigenvalue weighted by Crippen LogP contribution is 2.13. The summed E-state index contributed by atoms with van der Waals surface area (Å²) >= 11 is 0. The number of carbonyl (C=O) groups is 2. The van der Waals surface area contributed by atoms with Gasteiger partial charge in [0.05, 0.1) is 7.11 Å². The van der Waals surface area contributed by atoms with Crippen LogP contribution in [0.25, 0.3) is 0 Å². The molecule has 0 unspecified atom stereocenters. The van der Waals surface area contributed by atoms with Crippen molar-refractivity contribution >= 4 is 11.9 Å². The highest BCUT2D eigenvalue weighted by atomic mass is 19.1. The Kier molecular flexibility index (Phi) is 5.68. The Morgan fingerprint density at radius 1 is 1.08 bits per heavy atom. The molecule has 0 saturated carbocycles. The van der Waals surface area contributed by atoms with Crippen LogP contribution in [0, 0.1) is 19.7 Å². The number of hydrogen-bond acceptors (Lipinski definition) is 3. The molecule has 0 bridgehead atoms. The van der Waals surface area contributed by atoms with Crippen molar-refractivity contribution in [1.82, 2.24) is 5.32 Å². The number of nitrogens with one attached hydrogen (secondary N) is 1. The smallest absolute Gasteiger partial charge is 0.328 e. The first-order chi connectivity index (χ1) is 11.4. The minimum Gasteiger partial charge on any atom is -0.467 e. The zero-order valence-corrected chi connectivity index (χ0v) is 13.9. The minimum absolute atomic E-state index is 0.283. The molecule has 1 amide bonds. The van der Waals surface area contributed by atoms with Crippen LogP contribution in [0.2, 0.25) is 0 Å². The van der Waals surface area contributed by atoms with Crippen LogP contribution in [-0.4, -0.2) is 25.0 Å². The Balaban J connectivity index is 2.16. The zero-order chi connectivity index (χ0) is 17.7.